The molecule has 0 aliphatic rings. The highest BCUT2D eigenvalue weighted by Gasteiger charge is 2.18. The molecule has 15 heavy (non-hydrogen) atoms. The van der Waals surface area contributed by atoms with Gasteiger partial charge in [0.25, 0.3) is 6.43 Å². The zero-order chi connectivity index (χ0) is 11.0. The average molecular weight is 293 g/mol. The number of pyridine rings is 1. The summed E-state index contributed by atoms with van der Waals surface area (Å²) in [5.41, 5.74) is 0.153. The number of alkyl halides is 2. The van der Waals surface area contributed by atoms with Crippen molar-refractivity contribution < 1.29 is 8.78 Å². The number of hydrogen-bond acceptors (Lipinski definition) is 1. The number of halogens is 4. The Morgan fingerprint density at radius 3 is 2.60 bits per heavy atom. The summed E-state index contributed by atoms with van der Waals surface area (Å²) in [5.74, 6) is 0. The lowest BCUT2D eigenvalue weighted by atomic mass is 10.2. The Labute approximate surface area is 98.2 Å². The molecule has 1 aromatic heterocycles. The van der Waals surface area contributed by atoms with E-state index in [1.807, 2.05) is 0 Å². The van der Waals surface area contributed by atoms with Crippen LogP contribution in [0.1, 0.15) is 12.1 Å². The zero-order valence-electron chi connectivity index (χ0n) is 7.35. The van der Waals surface area contributed by atoms with Crippen molar-refractivity contribution in [2.75, 3.05) is 0 Å². The number of benzene rings is 1. The number of para-hydroxylation sites is 1. The summed E-state index contributed by atoms with van der Waals surface area (Å²) in [4.78, 5) is 3.85. The van der Waals surface area contributed by atoms with Gasteiger partial charge in [-0.05, 0) is 22.0 Å². The van der Waals surface area contributed by atoms with Gasteiger partial charge in [-0.2, -0.15) is 0 Å². The maximum atomic E-state index is 12.6. The van der Waals surface area contributed by atoms with Crippen LogP contribution in [-0.4, -0.2) is 4.98 Å². The highest BCUT2D eigenvalue weighted by atomic mass is 79.9. The van der Waals surface area contributed by atoms with Crippen molar-refractivity contribution in [3.8, 4) is 0 Å². The van der Waals surface area contributed by atoms with Crippen LogP contribution in [0, 0.1) is 0 Å². The van der Waals surface area contributed by atoms with Crippen LogP contribution in [0.15, 0.2) is 28.7 Å². The van der Waals surface area contributed by atoms with E-state index in [-0.39, 0.29) is 15.2 Å². The lowest BCUT2D eigenvalue weighted by molar-refractivity contribution is 0.145. The Morgan fingerprint density at radius 1 is 1.27 bits per heavy atom. The van der Waals surface area contributed by atoms with Crippen molar-refractivity contribution in [2.24, 2.45) is 0 Å². The van der Waals surface area contributed by atoms with Crippen molar-refractivity contribution in [3.05, 3.63) is 39.5 Å². The first kappa shape index (κ1) is 10.8. The summed E-state index contributed by atoms with van der Waals surface area (Å²) < 4.78 is 25.3. The van der Waals surface area contributed by atoms with E-state index in [4.69, 9.17) is 11.6 Å². The van der Waals surface area contributed by atoms with Crippen molar-refractivity contribution in [1.82, 2.24) is 4.98 Å². The second-order valence-electron chi connectivity index (χ2n) is 2.94. The van der Waals surface area contributed by atoms with Crippen LogP contribution in [0.25, 0.3) is 10.9 Å². The van der Waals surface area contributed by atoms with E-state index in [0.29, 0.717) is 10.9 Å². The lowest BCUT2D eigenvalue weighted by Crippen LogP contribution is -1.94. The summed E-state index contributed by atoms with van der Waals surface area (Å²) in [6.07, 6.45) is -2.64. The van der Waals surface area contributed by atoms with Crippen LogP contribution in [0.2, 0.25) is 5.02 Å². The fraction of sp³-hybridized carbons (Fsp3) is 0.100. The molecule has 0 amide bonds. The van der Waals surface area contributed by atoms with Gasteiger partial charge in [0, 0.05) is 5.39 Å². The number of nitrogens with zero attached hydrogens (tertiary/aromatic N) is 1. The van der Waals surface area contributed by atoms with Crippen LogP contribution < -0.4 is 0 Å². The largest absolute Gasteiger partial charge is 0.281 e. The fourth-order valence-corrected chi connectivity index (χ4v) is 2.04. The van der Waals surface area contributed by atoms with E-state index >= 15 is 0 Å². The van der Waals surface area contributed by atoms with Crippen molar-refractivity contribution in [2.45, 2.75) is 6.43 Å². The maximum Gasteiger partial charge on any atom is 0.281 e. The minimum absolute atomic E-state index is 0.165. The highest BCUT2D eigenvalue weighted by molar-refractivity contribution is 9.10. The summed E-state index contributed by atoms with van der Waals surface area (Å²) in [6.45, 7) is 0. The van der Waals surface area contributed by atoms with Crippen LogP contribution in [0.4, 0.5) is 8.78 Å². The molecule has 0 aliphatic carbocycles. The van der Waals surface area contributed by atoms with Crippen molar-refractivity contribution in [3.63, 3.8) is 0 Å². The minimum Gasteiger partial charge on any atom is -0.246 e. The van der Waals surface area contributed by atoms with Gasteiger partial charge in [0.05, 0.1) is 15.0 Å². The molecule has 2 aromatic rings. The van der Waals surface area contributed by atoms with Gasteiger partial charge < -0.3 is 0 Å². The molecule has 0 spiro atoms. The fourth-order valence-electron chi connectivity index (χ4n) is 1.31. The molecule has 1 heterocycles. The molecule has 0 aliphatic heterocycles. The molecule has 0 saturated carbocycles. The molecule has 0 atom stereocenters. The first-order chi connectivity index (χ1) is 7.11. The van der Waals surface area contributed by atoms with E-state index in [1.165, 1.54) is 0 Å². The smallest absolute Gasteiger partial charge is 0.246 e. The van der Waals surface area contributed by atoms with Crippen LogP contribution in [0.5, 0.6) is 0 Å². The van der Waals surface area contributed by atoms with E-state index in [2.05, 4.69) is 20.9 Å². The SMILES string of the molecule is FC(F)c1nc2ccccc2c(Cl)c1Br. The van der Waals surface area contributed by atoms with Gasteiger partial charge in [-0.3, -0.25) is 0 Å². The van der Waals surface area contributed by atoms with Gasteiger partial charge in [-0.25, -0.2) is 13.8 Å². The van der Waals surface area contributed by atoms with Gasteiger partial charge in [0.1, 0.15) is 5.69 Å². The Kier molecular flexibility index (Phi) is 2.89. The number of hydrogen-bond donors (Lipinski definition) is 0. The standard InChI is InChI=1S/C10H5BrClF2N/c11-7-8(12)5-3-1-2-4-6(5)15-9(7)10(13)14/h1-4,10H. The van der Waals surface area contributed by atoms with E-state index in [1.54, 1.807) is 24.3 Å². The second-order valence-corrected chi connectivity index (χ2v) is 4.11. The molecule has 5 heteroatoms. The van der Waals surface area contributed by atoms with Gasteiger partial charge >= 0.3 is 0 Å². The van der Waals surface area contributed by atoms with E-state index in [9.17, 15) is 8.78 Å². The normalized spacial score (nSPS) is 11.3. The topological polar surface area (TPSA) is 12.9 Å². The minimum atomic E-state index is -2.64. The van der Waals surface area contributed by atoms with Gasteiger partial charge in [-0.15, -0.1) is 0 Å². The summed E-state index contributed by atoms with van der Waals surface area (Å²) in [5, 5.41) is 0.936. The summed E-state index contributed by atoms with van der Waals surface area (Å²) >= 11 is 8.98. The third kappa shape index (κ3) is 1.84. The molecule has 78 valence electrons. The molecule has 1 nitrogen and oxygen atoms in total. The quantitative estimate of drug-likeness (QED) is 0.749. The summed E-state index contributed by atoms with van der Waals surface area (Å²) in [7, 11) is 0. The molecule has 1 aromatic carbocycles. The van der Waals surface area contributed by atoms with Crippen molar-refractivity contribution in [1.29, 1.82) is 0 Å². The molecule has 0 unspecified atom stereocenters. The maximum absolute atomic E-state index is 12.6. The summed E-state index contributed by atoms with van der Waals surface area (Å²) in [6, 6.07) is 6.91. The van der Waals surface area contributed by atoms with Gasteiger partial charge in [0.2, 0.25) is 0 Å². The third-order valence-electron chi connectivity index (χ3n) is 2.01. The van der Waals surface area contributed by atoms with Crippen molar-refractivity contribution >= 4 is 38.4 Å². The molecule has 0 saturated heterocycles. The predicted molar refractivity (Wildman–Crippen MR) is 59.4 cm³/mol. The first-order valence-electron chi connectivity index (χ1n) is 4.13. The number of aromatic nitrogens is 1. The van der Waals surface area contributed by atoms with Crippen LogP contribution >= 0.6 is 27.5 Å². The van der Waals surface area contributed by atoms with Gasteiger partial charge in [0.15, 0.2) is 0 Å². The van der Waals surface area contributed by atoms with Crippen LogP contribution in [0.3, 0.4) is 0 Å². The highest BCUT2D eigenvalue weighted by Crippen LogP contribution is 2.36. The molecule has 0 radical (unpaired) electrons. The Hall–Kier alpha value is -0.740. The Morgan fingerprint density at radius 2 is 1.93 bits per heavy atom. The number of rotatable bonds is 1. The lowest BCUT2D eigenvalue weighted by Gasteiger charge is -2.07. The third-order valence-corrected chi connectivity index (χ3v) is 3.43. The first-order valence-corrected chi connectivity index (χ1v) is 5.30. The van der Waals surface area contributed by atoms with Gasteiger partial charge in [-0.1, -0.05) is 29.8 Å². The molecule has 0 bridgehead atoms. The monoisotopic (exact) mass is 291 g/mol. The molecule has 0 fully saturated rings. The molecule has 0 N–H and O–H groups in total. The zero-order valence-corrected chi connectivity index (χ0v) is 9.69. The van der Waals surface area contributed by atoms with Crippen LogP contribution in [-0.2, 0) is 0 Å². The predicted octanol–water partition coefficient (Wildman–Crippen LogP) is 4.59. The average Bonchev–Trinajstić information content (AvgIpc) is 2.23. The number of fused-ring (bicyclic) bond motifs is 1. The Balaban J connectivity index is 2.82. The Bertz CT molecular complexity index is 516. The second kappa shape index (κ2) is 4.02. The molecular weight excluding hydrogens is 287 g/mol. The molecular formula is C10H5BrClF2N. The molecule has 2 rings (SSSR count). The van der Waals surface area contributed by atoms with E-state index < -0.39 is 6.43 Å². The van der Waals surface area contributed by atoms with E-state index in [0.717, 1.165) is 0 Å².